The molecule has 2 heterocycles. The molecule has 4 rings (SSSR count). The first-order valence-electron chi connectivity index (χ1n) is 7.75. The Morgan fingerprint density at radius 3 is 2.80 bits per heavy atom. The summed E-state index contributed by atoms with van der Waals surface area (Å²) in [5.41, 5.74) is 4.28. The van der Waals surface area contributed by atoms with Crippen LogP contribution in [0.1, 0.15) is 11.6 Å². The number of hydrogen-bond donors (Lipinski definition) is 1. The average molecular weight is 330 g/mol. The molecule has 0 saturated heterocycles. The van der Waals surface area contributed by atoms with Gasteiger partial charge in [0.2, 0.25) is 5.91 Å². The number of benzene rings is 2. The number of rotatable bonds is 3. The maximum absolute atomic E-state index is 12.1. The minimum absolute atomic E-state index is 0.255. The van der Waals surface area contributed by atoms with E-state index in [9.17, 15) is 4.79 Å². The number of nitrogens with zero attached hydrogens (tertiary/aromatic N) is 3. The highest BCUT2D eigenvalue weighted by atomic mass is 16.3. The Morgan fingerprint density at radius 1 is 1.08 bits per heavy atom. The third kappa shape index (κ3) is 3.23. The summed E-state index contributed by atoms with van der Waals surface area (Å²) in [6, 6.07) is 12.9. The average Bonchev–Trinajstić information content (AvgIpc) is 2.99. The standard InChI is InChI=1S/C19H14N4O2/c1-12-21-17-10-13(6-8-18(17)25-12)23-19(24)9-7-14-11-20-15-4-2-3-5-16(15)22-14/h2-11H,1H3,(H,23,24)/b9-7+. The molecule has 4 aromatic rings. The fraction of sp³-hybridized carbons (Fsp3) is 0.0526. The number of oxazole rings is 1. The van der Waals surface area contributed by atoms with E-state index in [-0.39, 0.29) is 5.91 Å². The number of aryl methyl sites for hydroxylation is 1. The Labute approximate surface area is 143 Å². The molecule has 0 aliphatic carbocycles. The van der Waals surface area contributed by atoms with Crippen LogP contribution in [-0.2, 0) is 4.79 Å². The number of hydrogen-bond acceptors (Lipinski definition) is 5. The zero-order valence-electron chi connectivity index (χ0n) is 13.4. The minimum atomic E-state index is -0.255. The molecule has 0 unspecified atom stereocenters. The maximum Gasteiger partial charge on any atom is 0.248 e. The number of para-hydroxylation sites is 2. The molecule has 25 heavy (non-hydrogen) atoms. The predicted octanol–water partition coefficient (Wildman–Crippen LogP) is 3.73. The molecule has 0 aliphatic rings. The van der Waals surface area contributed by atoms with Gasteiger partial charge >= 0.3 is 0 Å². The van der Waals surface area contributed by atoms with E-state index >= 15 is 0 Å². The Balaban J connectivity index is 1.50. The predicted molar refractivity (Wildman–Crippen MR) is 95.9 cm³/mol. The molecule has 0 saturated carbocycles. The topological polar surface area (TPSA) is 80.9 Å². The molecule has 1 N–H and O–H groups in total. The Kier molecular flexibility index (Phi) is 3.70. The van der Waals surface area contributed by atoms with Crippen molar-refractivity contribution >= 4 is 39.8 Å². The van der Waals surface area contributed by atoms with Gasteiger partial charge in [0.05, 0.1) is 22.9 Å². The van der Waals surface area contributed by atoms with Crippen LogP contribution in [0.4, 0.5) is 5.69 Å². The van der Waals surface area contributed by atoms with E-state index in [0.717, 1.165) is 11.0 Å². The molecular weight excluding hydrogens is 316 g/mol. The lowest BCUT2D eigenvalue weighted by Crippen LogP contribution is -2.07. The highest BCUT2D eigenvalue weighted by Crippen LogP contribution is 2.19. The van der Waals surface area contributed by atoms with Gasteiger partial charge in [-0.2, -0.15) is 0 Å². The molecule has 0 radical (unpaired) electrons. The van der Waals surface area contributed by atoms with Gasteiger partial charge in [-0.3, -0.25) is 9.78 Å². The smallest absolute Gasteiger partial charge is 0.248 e. The number of aromatic nitrogens is 3. The number of nitrogens with one attached hydrogen (secondary N) is 1. The van der Waals surface area contributed by atoms with Crippen LogP contribution in [0.25, 0.3) is 28.2 Å². The first kappa shape index (κ1) is 15.0. The van der Waals surface area contributed by atoms with E-state index in [1.807, 2.05) is 24.3 Å². The zero-order chi connectivity index (χ0) is 17.2. The van der Waals surface area contributed by atoms with Crippen molar-refractivity contribution in [2.24, 2.45) is 0 Å². The van der Waals surface area contributed by atoms with Crippen molar-refractivity contribution in [3.05, 3.63) is 66.3 Å². The van der Waals surface area contributed by atoms with Crippen molar-refractivity contribution in [3.8, 4) is 0 Å². The third-order valence-corrected chi connectivity index (χ3v) is 3.63. The Bertz CT molecular complexity index is 1110. The zero-order valence-corrected chi connectivity index (χ0v) is 13.4. The molecule has 1 amide bonds. The van der Waals surface area contributed by atoms with Crippen molar-refractivity contribution in [3.63, 3.8) is 0 Å². The van der Waals surface area contributed by atoms with Gasteiger partial charge in [0.25, 0.3) is 0 Å². The number of amides is 1. The molecule has 122 valence electrons. The third-order valence-electron chi connectivity index (χ3n) is 3.63. The molecule has 2 aromatic carbocycles. The molecular formula is C19H14N4O2. The molecule has 0 atom stereocenters. The lowest BCUT2D eigenvalue weighted by atomic mass is 10.2. The summed E-state index contributed by atoms with van der Waals surface area (Å²) >= 11 is 0. The molecule has 0 fully saturated rings. The van der Waals surface area contributed by atoms with Crippen molar-refractivity contribution in [1.29, 1.82) is 0 Å². The summed E-state index contributed by atoms with van der Waals surface area (Å²) in [6.07, 6.45) is 4.70. The van der Waals surface area contributed by atoms with Crippen LogP contribution >= 0.6 is 0 Å². The molecule has 2 aromatic heterocycles. The van der Waals surface area contributed by atoms with Gasteiger partial charge in [0, 0.05) is 18.7 Å². The summed E-state index contributed by atoms with van der Waals surface area (Å²) in [7, 11) is 0. The van der Waals surface area contributed by atoms with E-state index in [2.05, 4.69) is 20.3 Å². The summed E-state index contributed by atoms with van der Waals surface area (Å²) in [4.78, 5) is 25.1. The van der Waals surface area contributed by atoms with Gasteiger partial charge in [-0.05, 0) is 36.4 Å². The summed E-state index contributed by atoms with van der Waals surface area (Å²) < 4.78 is 5.42. The Morgan fingerprint density at radius 2 is 1.92 bits per heavy atom. The highest BCUT2D eigenvalue weighted by Gasteiger charge is 2.05. The molecule has 6 nitrogen and oxygen atoms in total. The van der Waals surface area contributed by atoms with Crippen LogP contribution in [-0.4, -0.2) is 20.9 Å². The second-order valence-corrected chi connectivity index (χ2v) is 5.52. The highest BCUT2D eigenvalue weighted by molar-refractivity contribution is 6.02. The van der Waals surface area contributed by atoms with E-state index in [1.54, 1.807) is 37.4 Å². The van der Waals surface area contributed by atoms with Gasteiger partial charge in [-0.15, -0.1) is 0 Å². The second-order valence-electron chi connectivity index (χ2n) is 5.52. The van der Waals surface area contributed by atoms with E-state index in [0.29, 0.717) is 28.4 Å². The summed E-state index contributed by atoms with van der Waals surface area (Å²) in [5, 5.41) is 2.80. The van der Waals surface area contributed by atoms with Gasteiger partial charge in [0.1, 0.15) is 5.52 Å². The Hall–Kier alpha value is -3.54. The summed E-state index contributed by atoms with van der Waals surface area (Å²) in [5.74, 6) is 0.336. The number of carbonyl (C=O) groups is 1. The van der Waals surface area contributed by atoms with Gasteiger partial charge in [-0.25, -0.2) is 9.97 Å². The van der Waals surface area contributed by atoms with Crippen molar-refractivity contribution < 1.29 is 9.21 Å². The minimum Gasteiger partial charge on any atom is -0.441 e. The van der Waals surface area contributed by atoms with Crippen LogP contribution in [0, 0.1) is 6.92 Å². The maximum atomic E-state index is 12.1. The molecule has 0 aliphatic heterocycles. The summed E-state index contributed by atoms with van der Waals surface area (Å²) in [6.45, 7) is 1.78. The molecule has 6 heteroatoms. The van der Waals surface area contributed by atoms with Crippen LogP contribution in [0.2, 0.25) is 0 Å². The fourth-order valence-electron chi connectivity index (χ4n) is 2.52. The number of carbonyl (C=O) groups excluding carboxylic acids is 1. The largest absolute Gasteiger partial charge is 0.441 e. The fourth-order valence-corrected chi connectivity index (χ4v) is 2.52. The number of anilines is 1. The van der Waals surface area contributed by atoms with Gasteiger partial charge in [0.15, 0.2) is 11.5 Å². The first-order valence-corrected chi connectivity index (χ1v) is 7.75. The SMILES string of the molecule is Cc1nc2cc(NC(=O)/C=C/c3cnc4ccccc4n3)ccc2o1. The van der Waals surface area contributed by atoms with Crippen LogP contribution < -0.4 is 5.32 Å². The first-order chi connectivity index (χ1) is 12.2. The van der Waals surface area contributed by atoms with Crippen molar-refractivity contribution in [2.45, 2.75) is 6.92 Å². The van der Waals surface area contributed by atoms with Crippen LogP contribution in [0.15, 0.2) is 59.2 Å². The molecule has 0 bridgehead atoms. The van der Waals surface area contributed by atoms with E-state index in [1.165, 1.54) is 6.08 Å². The van der Waals surface area contributed by atoms with Crippen LogP contribution in [0.3, 0.4) is 0 Å². The lowest BCUT2D eigenvalue weighted by Gasteiger charge is -2.01. The normalized spacial score (nSPS) is 11.4. The van der Waals surface area contributed by atoms with Gasteiger partial charge < -0.3 is 9.73 Å². The van der Waals surface area contributed by atoms with E-state index < -0.39 is 0 Å². The van der Waals surface area contributed by atoms with Crippen molar-refractivity contribution in [2.75, 3.05) is 5.32 Å². The van der Waals surface area contributed by atoms with Crippen LogP contribution in [0.5, 0.6) is 0 Å². The molecule has 0 spiro atoms. The van der Waals surface area contributed by atoms with Crippen molar-refractivity contribution in [1.82, 2.24) is 15.0 Å². The quantitative estimate of drug-likeness (QED) is 0.579. The number of fused-ring (bicyclic) bond motifs is 2. The van der Waals surface area contributed by atoms with Gasteiger partial charge in [-0.1, -0.05) is 12.1 Å². The van der Waals surface area contributed by atoms with E-state index in [4.69, 9.17) is 4.42 Å². The second kappa shape index (κ2) is 6.16. The lowest BCUT2D eigenvalue weighted by molar-refractivity contribution is -0.111. The monoisotopic (exact) mass is 330 g/mol.